The fraction of sp³-hybridized carbons (Fsp3) is 0.286. The number of hydrogen-bond donors (Lipinski definition) is 1. The second-order valence-electron chi connectivity index (χ2n) is 6.47. The Bertz CT molecular complexity index is 1010. The van der Waals surface area contributed by atoms with Crippen LogP contribution in [0.25, 0.3) is 0 Å². The van der Waals surface area contributed by atoms with E-state index in [1.54, 1.807) is 13.8 Å². The molecule has 0 aliphatic carbocycles. The van der Waals surface area contributed by atoms with E-state index in [-0.39, 0.29) is 12.5 Å². The average Bonchev–Trinajstić information content (AvgIpc) is 3.17. The standard InChI is InChI=1S/C21H23N3O3S/c1-5-27-20(26)18-14(3)17(19(25)23-21-22-13(2)12-28-21)15(4)24(18)11-16-9-7-6-8-10-16/h6-10,12H,5,11H2,1-4H3,(H,22,23,25). The van der Waals surface area contributed by atoms with Crippen LogP contribution in [0.15, 0.2) is 35.7 Å². The Morgan fingerprint density at radius 3 is 2.50 bits per heavy atom. The maximum atomic E-state index is 13.0. The third-order valence-corrected chi connectivity index (χ3v) is 5.36. The van der Waals surface area contributed by atoms with Gasteiger partial charge in [0.15, 0.2) is 5.13 Å². The second kappa shape index (κ2) is 8.39. The first-order chi connectivity index (χ1) is 13.4. The Hall–Kier alpha value is -2.93. The molecule has 0 radical (unpaired) electrons. The number of aryl methyl sites for hydroxylation is 1. The predicted molar refractivity (Wildman–Crippen MR) is 110 cm³/mol. The van der Waals surface area contributed by atoms with Crippen molar-refractivity contribution in [3.63, 3.8) is 0 Å². The van der Waals surface area contributed by atoms with Crippen molar-refractivity contribution in [2.45, 2.75) is 34.2 Å². The zero-order valence-electron chi connectivity index (χ0n) is 16.4. The summed E-state index contributed by atoms with van der Waals surface area (Å²) in [4.78, 5) is 29.9. The molecule has 1 N–H and O–H groups in total. The number of nitrogens with zero attached hydrogens (tertiary/aromatic N) is 2. The van der Waals surface area contributed by atoms with Crippen LogP contribution in [-0.2, 0) is 11.3 Å². The third kappa shape index (κ3) is 3.99. The number of anilines is 1. The second-order valence-corrected chi connectivity index (χ2v) is 7.33. The van der Waals surface area contributed by atoms with E-state index in [1.807, 2.05) is 54.1 Å². The number of nitrogens with one attached hydrogen (secondary N) is 1. The van der Waals surface area contributed by atoms with Gasteiger partial charge in [0.2, 0.25) is 0 Å². The lowest BCUT2D eigenvalue weighted by molar-refractivity contribution is 0.0513. The van der Waals surface area contributed by atoms with Crippen molar-refractivity contribution in [3.05, 3.63) is 69.5 Å². The van der Waals surface area contributed by atoms with Crippen LogP contribution in [0.4, 0.5) is 5.13 Å². The molecule has 0 atom stereocenters. The van der Waals surface area contributed by atoms with Crippen LogP contribution in [0.1, 0.15) is 50.3 Å². The van der Waals surface area contributed by atoms with Gasteiger partial charge in [-0.2, -0.15) is 0 Å². The van der Waals surface area contributed by atoms with Crippen molar-refractivity contribution < 1.29 is 14.3 Å². The summed E-state index contributed by atoms with van der Waals surface area (Å²) in [5.74, 6) is -0.704. The number of aromatic nitrogens is 2. The largest absolute Gasteiger partial charge is 0.461 e. The topological polar surface area (TPSA) is 73.2 Å². The van der Waals surface area contributed by atoms with Crippen molar-refractivity contribution in [2.75, 3.05) is 11.9 Å². The van der Waals surface area contributed by atoms with E-state index in [2.05, 4.69) is 10.3 Å². The fourth-order valence-corrected chi connectivity index (χ4v) is 3.91. The summed E-state index contributed by atoms with van der Waals surface area (Å²) in [6, 6.07) is 9.81. The van der Waals surface area contributed by atoms with Gasteiger partial charge in [0, 0.05) is 17.6 Å². The quantitative estimate of drug-likeness (QED) is 0.628. The van der Waals surface area contributed by atoms with Crippen LogP contribution in [-0.4, -0.2) is 28.0 Å². The van der Waals surface area contributed by atoms with Gasteiger partial charge < -0.3 is 9.30 Å². The summed E-state index contributed by atoms with van der Waals surface area (Å²) in [5.41, 5.74) is 4.10. The molecule has 0 bridgehead atoms. The van der Waals surface area contributed by atoms with E-state index in [1.165, 1.54) is 11.3 Å². The van der Waals surface area contributed by atoms with E-state index in [4.69, 9.17) is 4.74 Å². The molecule has 0 saturated carbocycles. The number of carbonyl (C=O) groups excluding carboxylic acids is 2. The van der Waals surface area contributed by atoms with Crippen LogP contribution in [0, 0.1) is 20.8 Å². The zero-order chi connectivity index (χ0) is 20.3. The lowest BCUT2D eigenvalue weighted by atomic mass is 10.1. The third-order valence-electron chi connectivity index (χ3n) is 4.49. The number of benzene rings is 1. The number of amides is 1. The molecule has 3 rings (SSSR count). The molecule has 3 aromatic rings. The van der Waals surface area contributed by atoms with Gasteiger partial charge in [-0.3, -0.25) is 10.1 Å². The number of thiazole rings is 1. The van der Waals surface area contributed by atoms with Gasteiger partial charge in [-0.15, -0.1) is 11.3 Å². The molecular weight excluding hydrogens is 374 g/mol. The lowest BCUT2D eigenvalue weighted by Crippen LogP contribution is -2.15. The Morgan fingerprint density at radius 1 is 1.18 bits per heavy atom. The molecule has 2 heterocycles. The monoisotopic (exact) mass is 397 g/mol. The molecule has 0 unspecified atom stereocenters. The van der Waals surface area contributed by atoms with Crippen LogP contribution in [0.5, 0.6) is 0 Å². The molecule has 0 aliphatic rings. The SMILES string of the molecule is CCOC(=O)c1c(C)c(C(=O)Nc2nc(C)cs2)c(C)n1Cc1ccccc1. The average molecular weight is 398 g/mol. The summed E-state index contributed by atoms with van der Waals surface area (Å²) >= 11 is 1.37. The molecule has 28 heavy (non-hydrogen) atoms. The van der Waals surface area contributed by atoms with Gasteiger partial charge in [-0.1, -0.05) is 30.3 Å². The minimum absolute atomic E-state index is 0.272. The lowest BCUT2D eigenvalue weighted by Gasteiger charge is -2.12. The maximum Gasteiger partial charge on any atom is 0.355 e. The first-order valence-electron chi connectivity index (χ1n) is 9.06. The first-order valence-corrected chi connectivity index (χ1v) is 9.94. The van der Waals surface area contributed by atoms with Crippen molar-refractivity contribution in [1.82, 2.24) is 9.55 Å². The maximum absolute atomic E-state index is 13.0. The van der Waals surface area contributed by atoms with E-state index in [0.717, 1.165) is 17.0 Å². The summed E-state index contributed by atoms with van der Waals surface area (Å²) in [5, 5.41) is 5.25. The molecule has 0 saturated heterocycles. The molecular formula is C21H23N3O3S. The smallest absolute Gasteiger partial charge is 0.355 e. The van der Waals surface area contributed by atoms with Gasteiger partial charge >= 0.3 is 5.97 Å². The summed E-state index contributed by atoms with van der Waals surface area (Å²) in [6.07, 6.45) is 0. The van der Waals surface area contributed by atoms with Crippen LogP contribution in [0.2, 0.25) is 0 Å². The fourth-order valence-electron chi connectivity index (χ4n) is 3.23. The summed E-state index contributed by atoms with van der Waals surface area (Å²) in [6.45, 7) is 8.02. The molecule has 0 fully saturated rings. The van der Waals surface area contributed by atoms with E-state index in [9.17, 15) is 9.59 Å². The zero-order valence-corrected chi connectivity index (χ0v) is 17.2. The molecule has 1 amide bonds. The van der Waals surface area contributed by atoms with Gasteiger partial charge in [0.1, 0.15) is 5.69 Å². The number of esters is 1. The number of carbonyl (C=O) groups is 2. The molecule has 6 nitrogen and oxygen atoms in total. The van der Waals surface area contributed by atoms with Crippen LogP contribution in [0.3, 0.4) is 0 Å². The molecule has 2 aromatic heterocycles. The van der Waals surface area contributed by atoms with Gasteiger partial charge in [-0.05, 0) is 38.8 Å². The molecule has 0 aliphatic heterocycles. The van der Waals surface area contributed by atoms with Crippen molar-refractivity contribution in [2.24, 2.45) is 0 Å². The molecule has 7 heteroatoms. The highest BCUT2D eigenvalue weighted by Crippen LogP contribution is 2.26. The van der Waals surface area contributed by atoms with Crippen LogP contribution >= 0.6 is 11.3 Å². The molecule has 0 spiro atoms. The summed E-state index contributed by atoms with van der Waals surface area (Å²) < 4.78 is 7.11. The van der Waals surface area contributed by atoms with E-state index < -0.39 is 5.97 Å². The highest BCUT2D eigenvalue weighted by Gasteiger charge is 2.27. The van der Waals surface area contributed by atoms with Gasteiger partial charge in [0.25, 0.3) is 5.91 Å². The minimum atomic E-state index is -0.428. The van der Waals surface area contributed by atoms with Crippen molar-refractivity contribution >= 4 is 28.3 Å². The number of ether oxygens (including phenoxy) is 1. The number of hydrogen-bond acceptors (Lipinski definition) is 5. The first kappa shape index (κ1) is 19.8. The Balaban J connectivity index is 2.03. The van der Waals surface area contributed by atoms with Crippen molar-refractivity contribution in [1.29, 1.82) is 0 Å². The molecule has 146 valence electrons. The van der Waals surface area contributed by atoms with E-state index in [0.29, 0.717) is 28.5 Å². The van der Waals surface area contributed by atoms with E-state index >= 15 is 0 Å². The highest BCUT2D eigenvalue weighted by atomic mass is 32.1. The normalized spacial score (nSPS) is 10.7. The van der Waals surface area contributed by atoms with Gasteiger partial charge in [0.05, 0.1) is 17.9 Å². The van der Waals surface area contributed by atoms with Crippen LogP contribution < -0.4 is 5.32 Å². The van der Waals surface area contributed by atoms with Gasteiger partial charge in [-0.25, -0.2) is 9.78 Å². The Morgan fingerprint density at radius 2 is 1.89 bits per heavy atom. The number of rotatable bonds is 6. The molecule has 1 aromatic carbocycles. The summed E-state index contributed by atoms with van der Waals surface area (Å²) in [7, 11) is 0. The Labute approximate surface area is 168 Å². The minimum Gasteiger partial charge on any atom is -0.461 e. The van der Waals surface area contributed by atoms with Crippen molar-refractivity contribution in [3.8, 4) is 0 Å². The Kier molecular flexibility index (Phi) is 5.94. The highest BCUT2D eigenvalue weighted by molar-refractivity contribution is 7.13. The predicted octanol–water partition coefficient (Wildman–Crippen LogP) is 4.35.